The normalized spacial score (nSPS) is 11.3. The Morgan fingerprint density at radius 3 is 2.50 bits per heavy atom. The summed E-state index contributed by atoms with van der Waals surface area (Å²) in [5.74, 6) is 1.97. The van der Waals surface area contributed by atoms with Gasteiger partial charge < -0.3 is 9.47 Å². The molecule has 0 radical (unpaired) electrons. The largest absolute Gasteiger partial charge is 0.493 e. The average Bonchev–Trinajstić information content (AvgIpc) is 3.27. The zero-order chi connectivity index (χ0) is 17.9. The minimum atomic E-state index is 0.640. The molecule has 0 atom stereocenters. The lowest BCUT2D eigenvalue weighted by Gasteiger charge is -2.08. The number of benzene rings is 2. The second kappa shape index (κ2) is 6.97. The minimum Gasteiger partial charge on any atom is -0.493 e. The molecule has 2 aromatic carbocycles. The standard InChI is InChI=1S/C19H16N4O2S/c1-24-15-10-9-14(12-16(15)25-2)18-20-21-19-23(18)22-17(26-19)11-8-13-6-4-3-5-7-13/h3-12H,1-2H3/b11-8+. The summed E-state index contributed by atoms with van der Waals surface area (Å²) in [5, 5.41) is 14.0. The molecular formula is C19H16N4O2S. The highest BCUT2D eigenvalue weighted by Gasteiger charge is 2.14. The van der Waals surface area contributed by atoms with Crippen LogP contribution in [0.2, 0.25) is 0 Å². The number of hydrogen-bond donors (Lipinski definition) is 0. The first kappa shape index (κ1) is 16.3. The van der Waals surface area contributed by atoms with Crippen LogP contribution in [0.1, 0.15) is 10.6 Å². The SMILES string of the molecule is COc1ccc(-c2nnc3sc(/C=C/c4ccccc4)nn23)cc1OC. The fourth-order valence-electron chi connectivity index (χ4n) is 2.59. The number of rotatable bonds is 5. The van der Waals surface area contributed by atoms with Crippen LogP contribution in [0, 0.1) is 0 Å². The molecule has 0 aliphatic rings. The highest BCUT2D eigenvalue weighted by molar-refractivity contribution is 7.17. The molecular weight excluding hydrogens is 348 g/mol. The van der Waals surface area contributed by atoms with Gasteiger partial charge in [0.1, 0.15) is 5.01 Å². The fourth-order valence-corrected chi connectivity index (χ4v) is 3.33. The second-order valence-corrected chi connectivity index (χ2v) is 6.46. The predicted octanol–water partition coefficient (Wildman–Crippen LogP) is 4.04. The van der Waals surface area contributed by atoms with Crippen molar-refractivity contribution in [2.24, 2.45) is 0 Å². The maximum atomic E-state index is 5.37. The number of nitrogens with zero attached hydrogens (tertiary/aromatic N) is 4. The third kappa shape index (κ3) is 3.04. The van der Waals surface area contributed by atoms with Crippen LogP contribution in [-0.2, 0) is 0 Å². The van der Waals surface area contributed by atoms with Crippen molar-refractivity contribution in [1.29, 1.82) is 0 Å². The Labute approximate surface area is 154 Å². The van der Waals surface area contributed by atoms with Crippen molar-refractivity contribution >= 4 is 28.4 Å². The van der Waals surface area contributed by atoms with Gasteiger partial charge in [-0.3, -0.25) is 0 Å². The summed E-state index contributed by atoms with van der Waals surface area (Å²) in [6, 6.07) is 15.7. The first-order valence-corrected chi connectivity index (χ1v) is 8.78. The van der Waals surface area contributed by atoms with Crippen molar-refractivity contribution in [2.45, 2.75) is 0 Å². The molecule has 4 aromatic rings. The van der Waals surface area contributed by atoms with Crippen LogP contribution in [0.4, 0.5) is 0 Å². The van der Waals surface area contributed by atoms with E-state index in [1.165, 1.54) is 11.3 Å². The lowest BCUT2D eigenvalue weighted by molar-refractivity contribution is 0.355. The van der Waals surface area contributed by atoms with Crippen molar-refractivity contribution in [2.75, 3.05) is 14.2 Å². The number of methoxy groups -OCH3 is 2. The summed E-state index contributed by atoms with van der Waals surface area (Å²) in [6.45, 7) is 0. The molecule has 0 bridgehead atoms. The number of ether oxygens (including phenoxy) is 2. The second-order valence-electron chi connectivity index (χ2n) is 5.47. The summed E-state index contributed by atoms with van der Waals surface area (Å²) in [6.07, 6.45) is 4.01. The molecule has 6 nitrogen and oxygen atoms in total. The molecule has 7 heteroatoms. The summed E-state index contributed by atoms with van der Waals surface area (Å²) in [7, 11) is 3.22. The Morgan fingerprint density at radius 1 is 0.923 bits per heavy atom. The van der Waals surface area contributed by atoms with Crippen molar-refractivity contribution in [1.82, 2.24) is 19.8 Å². The summed E-state index contributed by atoms with van der Waals surface area (Å²) >= 11 is 1.49. The molecule has 0 unspecified atom stereocenters. The van der Waals surface area contributed by atoms with Gasteiger partial charge in [-0.05, 0) is 29.8 Å². The summed E-state index contributed by atoms with van der Waals surface area (Å²) in [4.78, 5) is 0.738. The molecule has 0 saturated carbocycles. The maximum absolute atomic E-state index is 5.37. The van der Waals surface area contributed by atoms with Gasteiger partial charge in [0.25, 0.3) is 0 Å². The highest BCUT2D eigenvalue weighted by atomic mass is 32.1. The monoisotopic (exact) mass is 364 g/mol. The number of fused-ring (bicyclic) bond motifs is 1. The van der Waals surface area contributed by atoms with Gasteiger partial charge in [-0.15, -0.1) is 10.2 Å². The van der Waals surface area contributed by atoms with Crippen molar-refractivity contribution in [3.05, 3.63) is 59.1 Å². The summed E-state index contributed by atoms with van der Waals surface area (Å²) in [5.41, 5.74) is 1.98. The van der Waals surface area contributed by atoms with Gasteiger partial charge in [0.2, 0.25) is 4.96 Å². The van der Waals surface area contributed by atoms with E-state index in [1.807, 2.05) is 60.7 Å². The zero-order valence-electron chi connectivity index (χ0n) is 14.3. The predicted molar refractivity (Wildman–Crippen MR) is 103 cm³/mol. The molecule has 0 N–H and O–H groups in total. The molecule has 0 aliphatic carbocycles. The van der Waals surface area contributed by atoms with E-state index < -0.39 is 0 Å². The van der Waals surface area contributed by atoms with Crippen LogP contribution in [0.5, 0.6) is 11.5 Å². The van der Waals surface area contributed by atoms with E-state index in [0.717, 1.165) is 21.1 Å². The van der Waals surface area contributed by atoms with E-state index in [4.69, 9.17) is 9.47 Å². The van der Waals surface area contributed by atoms with Gasteiger partial charge in [0.05, 0.1) is 14.2 Å². The smallest absolute Gasteiger partial charge is 0.235 e. The van der Waals surface area contributed by atoms with E-state index >= 15 is 0 Å². The average molecular weight is 364 g/mol. The molecule has 0 fully saturated rings. The number of hydrogen-bond acceptors (Lipinski definition) is 6. The maximum Gasteiger partial charge on any atom is 0.235 e. The topological polar surface area (TPSA) is 61.5 Å². The third-order valence-corrected chi connectivity index (χ3v) is 4.73. The van der Waals surface area contributed by atoms with Gasteiger partial charge in [-0.2, -0.15) is 9.61 Å². The fraction of sp³-hybridized carbons (Fsp3) is 0.105. The van der Waals surface area contributed by atoms with E-state index in [0.29, 0.717) is 17.3 Å². The van der Waals surface area contributed by atoms with Crippen molar-refractivity contribution < 1.29 is 9.47 Å². The lowest BCUT2D eigenvalue weighted by atomic mass is 10.2. The van der Waals surface area contributed by atoms with Crippen LogP contribution in [0.15, 0.2) is 48.5 Å². The molecule has 0 spiro atoms. The van der Waals surface area contributed by atoms with Crippen LogP contribution < -0.4 is 9.47 Å². The van der Waals surface area contributed by atoms with Gasteiger partial charge in [-0.25, -0.2) is 0 Å². The van der Waals surface area contributed by atoms with Crippen LogP contribution in [0.25, 0.3) is 28.5 Å². The Morgan fingerprint density at radius 2 is 1.73 bits per heavy atom. The van der Waals surface area contributed by atoms with E-state index in [1.54, 1.807) is 18.7 Å². The minimum absolute atomic E-state index is 0.640. The first-order chi connectivity index (χ1) is 12.8. The van der Waals surface area contributed by atoms with E-state index in [-0.39, 0.29) is 0 Å². The quantitative estimate of drug-likeness (QED) is 0.535. The van der Waals surface area contributed by atoms with Gasteiger partial charge in [0, 0.05) is 5.56 Å². The molecule has 130 valence electrons. The lowest BCUT2D eigenvalue weighted by Crippen LogP contribution is -1.94. The van der Waals surface area contributed by atoms with Crippen LogP contribution in [0.3, 0.4) is 0 Å². The molecule has 26 heavy (non-hydrogen) atoms. The third-order valence-electron chi connectivity index (χ3n) is 3.87. The number of aromatic nitrogens is 4. The van der Waals surface area contributed by atoms with E-state index in [9.17, 15) is 0 Å². The van der Waals surface area contributed by atoms with Gasteiger partial charge >= 0.3 is 0 Å². The van der Waals surface area contributed by atoms with Crippen molar-refractivity contribution in [3.8, 4) is 22.9 Å². The molecule has 2 heterocycles. The highest BCUT2D eigenvalue weighted by Crippen LogP contribution is 2.32. The summed E-state index contributed by atoms with van der Waals surface area (Å²) < 4.78 is 12.4. The molecule has 0 saturated heterocycles. The van der Waals surface area contributed by atoms with E-state index in [2.05, 4.69) is 15.3 Å². The van der Waals surface area contributed by atoms with Crippen LogP contribution in [-0.4, -0.2) is 34.0 Å². The van der Waals surface area contributed by atoms with Crippen LogP contribution >= 0.6 is 11.3 Å². The molecule has 0 amide bonds. The molecule has 0 aliphatic heterocycles. The Bertz CT molecular complexity index is 1070. The molecule has 4 rings (SSSR count). The zero-order valence-corrected chi connectivity index (χ0v) is 15.1. The molecule has 2 aromatic heterocycles. The Kier molecular flexibility index (Phi) is 4.37. The van der Waals surface area contributed by atoms with Crippen molar-refractivity contribution in [3.63, 3.8) is 0 Å². The Hall–Kier alpha value is -3.19. The van der Waals surface area contributed by atoms with Gasteiger partial charge in [0.15, 0.2) is 17.3 Å². The first-order valence-electron chi connectivity index (χ1n) is 7.96. The van der Waals surface area contributed by atoms with Gasteiger partial charge in [-0.1, -0.05) is 47.7 Å². The Balaban J connectivity index is 1.69.